The number of ketones is 1. The average Bonchev–Trinajstić information content (AvgIpc) is 1.63. The number of likely N-dealkylation sites (tertiary alicyclic amines) is 4. The number of hydrogen-bond acceptors (Lipinski definition) is 23. The fraction of sp³-hybridized carbons (Fsp3) is 0.352. The summed E-state index contributed by atoms with van der Waals surface area (Å²) in [5.41, 5.74) is 13.8. The number of nitrogens with zero attached hydrogens (tertiary/aromatic N) is 15. The van der Waals surface area contributed by atoms with Crippen LogP contribution in [0.3, 0.4) is 0 Å². The number of urea groups is 2. The van der Waals surface area contributed by atoms with Gasteiger partial charge in [-0.2, -0.15) is 9.78 Å². The van der Waals surface area contributed by atoms with Crippen LogP contribution in [0, 0.1) is 19.3 Å². The summed E-state index contributed by atoms with van der Waals surface area (Å²) in [5.74, 6) is 1.10. The van der Waals surface area contributed by atoms with Gasteiger partial charge in [0.2, 0.25) is 23.8 Å². The molecule has 758 valence electrons. The number of aryl methyl sites for hydroxylation is 2. The number of para-hydroxylation sites is 4. The van der Waals surface area contributed by atoms with Crippen LogP contribution < -0.4 is 36.8 Å². The highest BCUT2D eigenvalue weighted by Gasteiger charge is 2.49. The molecule has 0 atom stereocenters. The molecule has 6 aliphatic rings. The van der Waals surface area contributed by atoms with Crippen molar-refractivity contribution in [2.24, 2.45) is 5.41 Å². The molecule has 0 radical (unpaired) electrons. The fourth-order valence-electron chi connectivity index (χ4n) is 19.1. The Morgan fingerprint density at radius 2 is 0.863 bits per heavy atom. The van der Waals surface area contributed by atoms with E-state index in [1.165, 1.54) is 17.9 Å². The van der Waals surface area contributed by atoms with Crippen LogP contribution in [0.5, 0.6) is 0 Å². The van der Waals surface area contributed by atoms with Gasteiger partial charge in [-0.15, -0.1) is 0 Å². The van der Waals surface area contributed by atoms with Crippen molar-refractivity contribution in [2.75, 3.05) is 105 Å². The number of amides is 6. The van der Waals surface area contributed by atoms with E-state index in [0.29, 0.717) is 131 Å². The van der Waals surface area contributed by atoms with Crippen molar-refractivity contribution in [2.45, 2.75) is 161 Å². The Labute approximate surface area is 865 Å². The lowest BCUT2D eigenvalue weighted by Crippen LogP contribution is -2.53. The first-order chi connectivity index (χ1) is 70.5. The van der Waals surface area contributed by atoms with Gasteiger partial charge in [-0.3, -0.25) is 9.59 Å². The molecule has 6 fully saturated rings. The Bertz CT molecular complexity index is 7180. The second kappa shape index (κ2) is 46.1. The molecule has 5 aromatic carbocycles. The van der Waals surface area contributed by atoms with E-state index < -0.39 is 23.0 Å². The topological polar surface area (TPSA) is 410 Å². The number of benzene rings is 5. The lowest BCUT2D eigenvalue weighted by atomic mass is 9.99. The van der Waals surface area contributed by atoms with E-state index in [0.717, 1.165) is 184 Å². The molecule has 1 aliphatic carbocycles. The number of aromatic amines is 4. The van der Waals surface area contributed by atoms with Gasteiger partial charge in [0.1, 0.15) is 0 Å². The van der Waals surface area contributed by atoms with Crippen molar-refractivity contribution >= 4 is 167 Å². The summed E-state index contributed by atoms with van der Waals surface area (Å²) >= 11 is 25.8. The summed E-state index contributed by atoms with van der Waals surface area (Å²) in [4.78, 5) is 147. The van der Waals surface area contributed by atoms with Gasteiger partial charge in [0, 0.05) is 210 Å². The van der Waals surface area contributed by atoms with Gasteiger partial charge >= 0.3 is 30.0 Å². The summed E-state index contributed by atoms with van der Waals surface area (Å²) < 4.78 is 11.6. The highest BCUT2D eigenvalue weighted by molar-refractivity contribution is 6.35. The molecule has 14 aromatic rings. The molecule has 38 heteroatoms. The monoisotopic (exact) mass is 2050 g/mol. The number of esters is 2. The Balaban J connectivity index is 0.000000134. The minimum atomic E-state index is -1.22. The molecule has 0 unspecified atom stereocenters. The maximum Gasteiger partial charge on any atom is 0.344 e. The number of rotatable bonds is 23. The van der Waals surface area contributed by atoms with E-state index in [2.05, 4.69) is 105 Å². The first kappa shape index (κ1) is 103. The Kier molecular flexibility index (Phi) is 32.4. The normalized spacial score (nSPS) is 15.8. The molecule has 146 heavy (non-hydrogen) atoms. The van der Waals surface area contributed by atoms with Crippen LogP contribution >= 0.6 is 46.4 Å². The zero-order valence-electron chi connectivity index (χ0n) is 82.7. The van der Waals surface area contributed by atoms with Gasteiger partial charge in [-0.1, -0.05) is 150 Å². The van der Waals surface area contributed by atoms with Crippen LogP contribution in [0.2, 0.25) is 20.1 Å². The van der Waals surface area contributed by atoms with Gasteiger partial charge in [0.05, 0.1) is 91.4 Å². The second-order valence-corrected chi connectivity index (χ2v) is 39.9. The first-order valence-electron chi connectivity index (χ1n) is 49.3. The number of aromatic nitrogens is 14. The summed E-state index contributed by atoms with van der Waals surface area (Å²) in [6.45, 7) is 23.4. The molecular formula is C108H119Cl4N25O9. The predicted molar refractivity (Wildman–Crippen MR) is 573 cm³/mol. The van der Waals surface area contributed by atoms with Gasteiger partial charge in [0.15, 0.2) is 11.4 Å². The number of carbonyl (C=O) groups is 7. The van der Waals surface area contributed by atoms with Crippen molar-refractivity contribution in [1.82, 2.24) is 99.8 Å². The SMILES string of the molecule is C/C=C/C(=O)OC(C)(C)C(=O)N1CCC(Nc2ncc(Cl)c(-c3c[nH]c4ccccc34)n2)CC1.C=C(C(=O)OC)c1cccc(N2CCC(Nc3ncc(Cl)c(-c4c[nH]c5ccccc45)n3)CC2)c1.CC(C)=CC(=O)C1(CNC(=O)N2CCC(Nc3ncc(Cl)c(-c4c[nH]c5ccccc45)n3)CC2)CC1.Cc1cc(C)n(C(=O)N2CCC(NC(=O)N3CCC(Nc4ncc(Cl)c(-c5c[nH]c6ccccc56)n4)CC3)CC2)n1. The lowest BCUT2D eigenvalue weighted by Gasteiger charge is -2.36. The number of H-pyrrole nitrogens is 4. The van der Waals surface area contributed by atoms with Gasteiger partial charge in [-0.05, 0) is 180 Å². The number of methoxy groups -OCH3 is 1. The highest BCUT2D eigenvalue weighted by Crippen LogP contribution is 2.47. The average molecular weight is 2050 g/mol. The molecule has 20 rings (SSSR count). The third-order valence-electron chi connectivity index (χ3n) is 27.4. The second-order valence-electron chi connectivity index (χ2n) is 38.3. The first-order valence-corrected chi connectivity index (χ1v) is 50.8. The molecule has 34 nitrogen and oxygen atoms in total. The van der Waals surface area contributed by atoms with E-state index >= 15 is 0 Å². The van der Waals surface area contributed by atoms with Crippen molar-refractivity contribution in [1.29, 1.82) is 0 Å². The van der Waals surface area contributed by atoms with Crippen LogP contribution in [0.25, 0.3) is 94.2 Å². The van der Waals surface area contributed by atoms with Crippen molar-refractivity contribution in [3.8, 4) is 45.0 Å². The van der Waals surface area contributed by atoms with E-state index in [-0.39, 0.29) is 60.0 Å². The molecule has 6 amide bonds. The van der Waals surface area contributed by atoms with Crippen molar-refractivity contribution in [3.63, 3.8) is 0 Å². The van der Waals surface area contributed by atoms with Crippen LogP contribution in [-0.4, -0.2) is 246 Å². The van der Waals surface area contributed by atoms with E-state index in [1.807, 2.05) is 182 Å². The summed E-state index contributed by atoms with van der Waals surface area (Å²) in [5, 5.41) is 30.4. The van der Waals surface area contributed by atoms with Crippen LogP contribution in [0.4, 0.5) is 43.9 Å². The number of hydrogen-bond donors (Lipinski definition) is 10. The van der Waals surface area contributed by atoms with E-state index in [1.54, 1.807) is 62.6 Å². The molecule has 5 saturated heterocycles. The Hall–Kier alpha value is -14.7. The van der Waals surface area contributed by atoms with Crippen LogP contribution in [0.1, 0.15) is 129 Å². The quantitative estimate of drug-likeness (QED) is 0.0210. The van der Waals surface area contributed by atoms with Crippen molar-refractivity contribution in [3.05, 3.63) is 244 Å². The van der Waals surface area contributed by atoms with Crippen molar-refractivity contribution < 1.29 is 43.0 Å². The largest absolute Gasteiger partial charge is 0.465 e. The smallest absolute Gasteiger partial charge is 0.344 e. The number of anilines is 5. The van der Waals surface area contributed by atoms with E-state index in [9.17, 15) is 33.6 Å². The zero-order valence-corrected chi connectivity index (χ0v) is 85.8. The zero-order chi connectivity index (χ0) is 102. The van der Waals surface area contributed by atoms with Crippen LogP contribution in [-0.2, 0) is 28.7 Å². The molecule has 10 N–H and O–H groups in total. The number of carbonyl (C=O) groups excluding carboxylic acids is 7. The van der Waals surface area contributed by atoms with E-state index in [4.69, 9.17) is 70.8 Å². The number of halogens is 4. The summed E-state index contributed by atoms with van der Waals surface area (Å²) in [6.07, 6.45) is 28.3. The minimum Gasteiger partial charge on any atom is -0.465 e. The van der Waals surface area contributed by atoms with Crippen LogP contribution in [0.15, 0.2) is 207 Å². The maximum absolute atomic E-state index is 13.0. The maximum atomic E-state index is 13.0. The Morgan fingerprint density at radius 1 is 0.486 bits per heavy atom. The molecule has 9 aromatic heterocycles. The highest BCUT2D eigenvalue weighted by atomic mass is 35.5. The number of nitrogens with one attached hydrogen (secondary N) is 10. The van der Waals surface area contributed by atoms with Gasteiger partial charge in [-0.25, -0.2) is 63.8 Å². The molecule has 5 aliphatic heterocycles. The molecule has 0 spiro atoms. The third-order valence-corrected chi connectivity index (χ3v) is 28.5. The third kappa shape index (κ3) is 24.6. The predicted octanol–water partition coefficient (Wildman–Crippen LogP) is 20.1. The van der Waals surface area contributed by atoms with Gasteiger partial charge < -0.3 is 85.8 Å². The van der Waals surface area contributed by atoms with Gasteiger partial charge in [0.25, 0.3) is 5.91 Å². The molecule has 0 bridgehead atoms. The Morgan fingerprint density at radius 3 is 1.24 bits per heavy atom. The molecule has 14 heterocycles. The fourth-order valence-corrected chi connectivity index (χ4v) is 19.9. The summed E-state index contributed by atoms with van der Waals surface area (Å²) in [6, 6.07) is 42.3. The lowest BCUT2D eigenvalue weighted by molar-refractivity contribution is -0.167. The minimum absolute atomic E-state index is 0.0452. The number of allylic oxidation sites excluding steroid dienone is 3. The molecule has 1 saturated carbocycles. The number of piperidine rings is 5. The standard InChI is InChI=1S/C29H34ClN9O2.C27H31ClN6O2.C27H26ClN5O2.C25H28ClN5O3/c1-18-15-19(2)39(36-18)29(41)38-13-9-21(10-14-38)34-28(40)37-11-7-20(8-12-37)33-27-32-17-24(30)26(35-27)23-16-31-25-6-4-3-5-22(23)25;1-17(2)13-23(35)27(9-10-27)16-31-26(36)34-11-7-18(8-12-34)32-25-30-15-21(28)24(33-25)20-14-29-22-6-4-3-5-19(20)22;1-17(26(34)35-2)18-6-5-7-20(14-18)33-12-10-19(11-13-33)31-27-30-16-23(28)25(32-27)22-15-29-24-9-4-3-8-21(22)24;1-4-7-21(32)34-25(2,3)23(33)31-12-10-16(11-13-31)29-24-28-15-19(26)22(30-24)18-14-27-20-9-6-5-8-17(18)20/h3-6,15-17,20-21,31H,7-14H2,1-2H3,(H,34,40)(H,32,33,35);3-6,13-15,18,29H,7-12,16H2,1-2H3,(H,31,36)(H,30,32,33);3-9,14-16,19,29H,1,10-13H2,2H3,(H,30,31,32);4-9,14-16,27H,10-13H2,1-3H3,(H,28,29,30)/b;;;7-4+. The number of ether oxygens (including phenoxy) is 2. The molecular weight excluding hydrogens is 1930 g/mol. The summed E-state index contributed by atoms with van der Waals surface area (Å²) in [7, 11) is 1.36. The number of fused-ring (bicyclic) bond motifs is 4.